The zero-order valence-corrected chi connectivity index (χ0v) is 27.1. The second-order valence-corrected chi connectivity index (χ2v) is 16.2. The summed E-state index contributed by atoms with van der Waals surface area (Å²) in [7, 11) is -3.75. The van der Waals surface area contributed by atoms with Gasteiger partial charge in [-0.2, -0.15) is 4.31 Å². The second kappa shape index (κ2) is 13.1. The highest BCUT2D eigenvalue weighted by Gasteiger charge is 2.44. The SMILES string of the molecule is O=C1CC(NC2CCN(S(=O)(=O)c3ccc(C(=O)O)s3)CC2)C2CC(C(c3ccc(Cl)cc3)c3ccc(Cl)cc3)CCC2N1. The number of sulfonamides is 1. The van der Waals surface area contributed by atoms with Crippen LogP contribution in [0.25, 0.3) is 0 Å². The van der Waals surface area contributed by atoms with Gasteiger partial charge in [0.25, 0.3) is 10.0 Å². The Bertz CT molecular complexity index is 1560. The van der Waals surface area contributed by atoms with Crippen molar-refractivity contribution in [1.29, 1.82) is 0 Å². The number of hydrogen-bond acceptors (Lipinski definition) is 6. The molecule has 3 heterocycles. The Hall–Kier alpha value is -2.47. The molecule has 6 rings (SSSR count). The van der Waals surface area contributed by atoms with Gasteiger partial charge in [0.1, 0.15) is 9.09 Å². The lowest BCUT2D eigenvalue weighted by Gasteiger charge is -2.47. The molecule has 4 atom stereocenters. The van der Waals surface area contributed by atoms with Crippen LogP contribution >= 0.6 is 34.5 Å². The molecule has 3 aliphatic rings. The minimum atomic E-state index is -3.75. The number of carboxylic acid groups (broad SMARTS) is 1. The summed E-state index contributed by atoms with van der Waals surface area (Å²) in [5, 5.41) is 17.6. The van der Waals surface area contributed by atoms with Crippen LogP contribution in [0, 0.1) is 11.8 Å². The average molecular weight is 677 g/mol. The highest BCUT2D eigenvalue weighted by atomic mass is 35.5. The minimum Gasteiger partial charge on any atom is -0.477 e. The van der Waals surface area contributed by atoms with Gasteiger partial charge in [-0.15, -0.1) is 11.3 Å². The summed E-state index contributed by atoms with van der Waals surface area (Å²) < 4.78 is 27.9. The Labute approximate surface area is 271 Å². The number of thiophene rings is 1. The Morgan fingerprint density at radius 1 is 0.932 bits per heavy atom. The lowest BCUT2D eigenvalue weighted by atomic mass is 9.65. The van der Waals surface area contributed by atoms with Crippen LogP contribution in [-0.2, 0) is 14.8 Å². The van der Waals surface area contributed by atoms with Crippen LogP contribution < -0.4 is 10.6 Å². The van der Waals surface area contributed by atoms with Crippen molar-refractivity contribution >= 4 is 56.4 Å². The highest BCUT2D eigenvalue weighted by Crippen LogP contribution is 2.45. The minimum absolute atomic E-state index is 0.00351. The molecule has 1 amide bonds. The van der Waals surface area contributed by atoms with Gasteiger partial charge in [0.05, 0.1) is 0 Å². The van der Waals surface area contributed by atoms with E-state index in [0.717, 1.165) is 30.6 Å². The van der Waals surface area contributed by atoms with Crippen molar-refractivity contribution in [3.05, 3.63) is 86.7 Å². The van der Waals surface area contributed by atoms with Gasteiger partial charge >= 0.3 is 5.97 Å². The Morgan fingerprint density at radius 3 is 2.11 bits per heavy atom. The molecule has 3 aromatic rings. The van der Waals surface area contributed by atoms with Crippen molar-refractivity contribution in [2.75, 3.05) is 13.1 Å². The number of benzene rings is 2. The van der Waals surface area contributed by atoms with Crippen molar-refractivity contribution in [3.63, 3.8) is 0 Å². The maximum atomic E-state index is 13.2. The summed E-state index contributed by atoms with van der Waals surface area (Å²) >= 11 is 13.3. The molecule has 234 valence electrons. The predicted molar refractivity (Wildman–Crippen MR) is 172 cm³/mol. The fourth-order valence-corrected chi connectivity index (χ4v) is 10.3. The van der Waals surface area contributed by atoms with Gasteiger partial charge < -0.3 is 15.7 Å². The van der Waals surface area contributed by atoms with Crippen LogP contribution in [0.15, 0.2) is 64.9 Å². The molecule has 3 fully saturated rings. The van der Waals surface area contributed by atoms with Crippen LogP contribution in [0.1, 0.15) is 65.2 Å². The van der Waals surface area contributed by atoms with Crippen LogP contribution in [0.2, 0.25) is 10.0 Å². The molecule has 8 nitrogen and oxygen atoms in total. The number of piperidine rings is 2. The maximum absolute atomic E-state index is 13.2. The summed E-state index contributed by atoms with van der Waals surface area (Å²) in [4.78, 5) is 24.0. The first kappa shape index (κ1) is 31.5. The van der Waals surface area contributed by atoms with Crippen LogP contribution in [0.4, 0.5) is 0 Å². The monoisotopic (exact) mass is 675 g/mol. The topological polar surface area (TPSA) is 116 Å². The van der Waals surface area contributed by atoms with Crippen LogP contribution in [0.3, 0.4) is 0 Å². The van der Waals surface area contributed by atoms with Gasteiger partial charge in [-0.3, -0.25) is 4.79 Å². The summed E-state index contributed by atoms with van der Waals surface area (Å²) in [6.07, 6.45) is 4.45. The largest absolute Gasteiger partial charge is 0.477 e. The Kier molecular flexibility index (Phi) is 9.38. The van der Waals surface area contributed by atoms with Crippen molar-refractivity contribution in [2.24, 2.45) is 11.8 Å². The number of fused-ring (bicyclic) bond motifs is 1. The quantitative estimate of drug-likeness (QED) is 0.270. The molecule has 0 radical (unpaired) electrons. The van der Waals surface area contributed by atoms with Crippen LogP contribution in [0.5, 0.6) is 0 Å². The molecule has 2 saturated heterocycles. The standard InChI is InChI=1S/C32H35Cl2N3O5S2/c33-22-6-1-19(2-7-22)31(20-3-8-23(34)9-4-20)21-5-10-26-25(17-21)27(18-29(38)36-26)35-24-13-15-37(16-14-24)44(41,42)30-12-11-28(43-30)32(39)40/h1-4,6-9,11-12,21,24-27,31,35H,5,10,13-18H2,(H,36,38)(H,39,40). The lowest BCUT2D eigenvalue weighted by Crippen LogP contribution is -2.60. The number of amides is 1. The number of carbonyl (C=O) groups is 2. The van der Waals surface area contributed by atoms with Gasteiger partial charge in [0, 0.05) is 53.6 Å². The number of rotatable bonds is 8. The molecule has 0 bridgehead atoms. The number of aromatic carboxylic acids is 1. The van der Waals surface area contributed by atoms with Gasteiger partial charge in [-0.25, -0.2) is 13.2 Å². The van der Waals surface area contributed by atoms with E-state index in [1.165, 1.54) is 27.6 Å². The van der Waals surface area contributed by atoms with E-state index in [1.54, 1.807) is 0 Å². The third kappa shape index (κ3) is 6.71. The zero-order chi connectivity index (χ0) is 31.0. The van der Waals surface area contributed by atoms with Crippen molar-refractivity contribution in [3.8, 4) is 0 Å². The van der Waals surface area contributed by atoms with Gasteiger partial charge in [-0.05, 0) is 91.5 Å². The van der Waals surface area contributed by atoms with Crippen molar-refractivity contribution < 1.29 is 23.1 Å². The number of halogens is 2. The Morgan fingerprint density at radius 2 is 1.55 bits per heavy atom. The van der Waals surface area contributed by atoms with Gasteiger partial charge in [0.2, 0.25) is 5.91 Å². The normalized spacial score (nSPS) is 25.0. The number of nitrogens with zero attached hydrogens (tertiary/aromatic N) is 1. The van der Waals surface area contributed by atoms with Crippen molar-refractivity contribution in [2.45, 2.75) is 66.8 Å². The number of carbonyl (C=O) groups excluding carboxylic acids is 1. The molecular weight excluding hydrogens is 641 g/mol. The first-order valence-corrected chi connectivity index (χ1v) is 18.0. The van der Waals surface area contributed by atoms with Gasteiger partial charge in [0.15, 0.2) is 0 Å². The van der Waals surface area contributed by atoms with Gasteiger partial charge in [-0.1, -0.05) is 47.5 Å². The lowest BCUT2D eigenvalue weighted by molar-refractivity contribution is -0.126. The molecular formula is C32H35Cl2N3O5S2. The maximum Gasteiger partial charge on any atom is 0.345 e. The first-order chi connectivity index (χ1) is 21.1. The molecule has 0 spiro atoms. The number of hydrogen-bond donors (Lipinski definition) is 3. The molecule has 4 unspecified atom stereocenters. The first-order valence-electron chi connectivity index (χ1n) is 15.0. The second-order valence-electron chi connectivity index (χ2n) is 12.1. The predicted octanol–water partition coefficient (Wildman–Crippen LogP) is 6.00. The van der Waals surface area contributed by atoms with Crippen molar-refractivity contribution in [1.82, 2.24) is 14.9 Å². The summed E-state index contributed by atoms with van der Waals surface area (Å²) in [5.41, 5.74) is 2.42. The summed E-state index contributed by atoms with van der Waals surface area (Å²) in [6, 6.07) is 19.0. The number of carboxylic acids is 1. The molecule has 1 aliphatic carbocycles. The van der Waals surface area contributed by atoms with E-state index in [9.17, 15) is 23.1 Å². The molecule has 44 heavy (non-hydrogen) atoms. The third-order valence-corrected chi connectivity index (χ3v) is 13.4. The molecule has 1 aromatic heterocycles. The fourth-order valence-electron chi connectivity index (χ4n) is 7.31. The van der Waals surface area contributed by atoms with E-state index < -0.39 is 16.0 Å². The van der Waals surface area contributed by atoms with E-state index >= 15 is 0 Å². The summed E-state index contributed by atoms with van der Waals surface area (Å²) in [6.45, 7) is 0.677. The van der Waals surface area contributed by atoms with E-state index in [-0.39, 0.29) is 45.0 Å². The average Bonchev–Trinajstić information content (AvgIpc) is 3.52. The number of nitrogens with one attached hydrogen (secondary N) is 2. The highest BCUT2D eigenvalue weighted by molar-refractivity contribution is 7.91. The summed E-state index contributed by atoms with van der Waals surface area (Å²) in [5.74, 6) is -0.314. The van der Waals surface area contributed by atoms with E-state index in [1.807, 2.05) is 24.3 Å². The van der Waals surface area contributed by atoms with E-state index in [0.29, 0.717) is 48.3 Å². The molecule has 2 aliphatic heterocycles. The smallest absolute Gasteiger partial charge is 0.345 e. The Balaban J connectivity index is 1.16. The molecule has 3 N–H and O–H groups in total. The zero-order valence-electron chi connectivity index (χ0n) is 24.0. The van der Waals surface area contributed by atoms with E-state index in [2.05, 4.69) is 34.9 Å². The molecule has 2 aromatic carbocycles. The molecule has 1 saturated carbocycles. The molecule has 12 heteroatoms. The van der Waals surface area contributed by atoms with Crippen LogP contribution in [-0.4, -0.2) is 60.9 Å². The third-order valence-electron chi connectivity index (χ3n) is 9.43. The fraction of sp³-hybridized carbons (Fsp3) is 0.438. The van der Waals surface area contributed by atoms with E-state index in [4.69, 9.17) is 23.2 Å².